The van der Waals surface area contributed by atoms with Crippen LogP contribution in [0, 0.1) is 0 Å². The summed E-state index contributed by atoms with van der Waals surface area (Å²) in [6.45, 7) is 1.56. The lowest BCUT2D eigenvalue weighted by molar-refractivity contribution is -0.138. The summed E-state index contributed by atoms with van der Waals surface area (Å²) in [6, 6.07) is 12.4. The van der Waals surface area contributed by atoms with Crippen LogP contribution in [0.3, 0.4) is 0 Å². The fourth-order valence-electron chi connectivity index (χ4n) is 3.34. The van der Waals surface area contributed by atoms with Crippen LogP contribution in [0.4, 0.5) is 19.0 Å². The molecule has 1 amide bonds. The van der Waals surface area contributed by atoms with E-state index in [2.05, 4.69) is 10.2 Å². The van der Waals surface area contributed by atoms with Crippen molar-refractivity contribution < 1.29 is 18.0 Å². The average Bonchev–Trinajstić information content (AvgIpc) is 3.28. The van der Waals surface area contributed by atoms with E-state index in [4.69, 9.17) is 0 Å². The minimum atomic E-state index is -4.56. The Hall–Kier alpha value is -3.36. The first kappa shape index (κ1) is 19.0. The summed E-state index contributed by atoms with van der Waals surface area (Å²) in [6.07, 6.45) is -0.829. The first-order chi connectivity index (χ1) is 13.9. The number of carbonyl (C=O) groups excluding carboxylic acids is 1. The Bertz CT molecular complexity index is 978. The highest BCUT2D eigenvalue weighted by Crippen LogP contribution is 2.32. The van der Waals surface area contributed by atoms with Crippen molar-refractivity contribution >= 4 is 11.7 Å². The van der Waals surface area contributed by atoms with Crippen LogP contribution >= 0.6 is 0 Å². The maximum Gasteiger partial charge on any atom is 0.417 e. The monoisotopic (exact) mass is 401 g/mol. The second-order valence-electron chi connectivity index (χ2n) is 6.66. The molecule has 1 aliphatic heterocycles. The van der Waals surface area contributed by atoms with Crippen LogP contribution in [0.25, 0.3) is 5.82 Å². The molecule has 0 radical (unpaired) electrons. The molecule has 9 heteroatoms. The van der Waals surface area contributed by atoms with E-state index in [0.717, 1.165) is 6.07 Å². The van der Waals surface area contributed by atoms with Gasteiger partial charge in [-0.15, -0.1) is 10.2 Å². The molecule has 150 valence electrons. The van der Waals surface area contributed by atoms with E-state index in [0.29, 0.717) is 37.8 Å². The summed E-state index contributed by atoms with van der Waals surface area (Å²) in [5.41, 5.74) is -1.22. The van der Waals surface area contributed by atoms with Crippen molar-refractivity contribution in [3.63, 3.8) is 0 Å². The van der Waals surface area contributed by atoms with Gasteiger partial charge in [0.25, 0.3) is 5.91 Å². The predicted octanol–water partition coefficient (Wildman–Crippen LogP) is 3.25. The summed E-state index contributed by atoms with van der Waals surface area (Å²) in [4.78, 5) is 16.1. The molecule has 0 aliphatic carbocycles. The minimum absolute atomic E-state index is 0.312. The molecule has 4 rings (SSSR count). The zero-order chi connectivity index (χ0) is 20.4. The maximum absolute atomic E-state index is 13.2. The Balaban J connectivity index is 1.43. The number of aromatic nitrogens is 3. The molecule has 29 heavy (non-hydrogen) atoms. The molecule has 0 N–H and O–H groups in total. The van der Waals surface area contributed by atoms with Crippen LogP contribution in [0.1, 0.15) is 15.9 Å². The summed E-state index contributed by atoms with van der Waals surface area (Å²) in [7, 11) is 0. The maximum atomic E-state index is 13.2. The summed E-state index contributed by atoms with van der Waals surface area (Å²) >= 11 is 0. The molecule has 1 saturated heterocycles. The fraction of sp³-hybridized carbons (Fsp3) is 0.250. The lowest BCUT2D eigenvalue weighted by Gasteiger charge is -2.35. The number of anilines is 1. The number of benzene rings is 1. The zero-order valence-corrected chi connectivity index (χ0v) is 15.4. The second kappa shape index (κ2) is 7.57. The van der Waals surface area contributed by atoms with Crippen LogP contribution in [-0.2, 0) is 6.18 Å². The van der Waals surface area contributed by atoms with E-state index in [9.17, 15) is 18.0 Å². The van der Waals surface area contributed by atoms with Crippen molar-refractivity contribution in [2.45, 2.75) is 6.18 Å². The number of nitrogens with zero attached hydrogens (tertiary/aromatic N) is 5. The van der Waals surface area contributed by atoms with E-state index in [1.165, 1.54) is 23.1 Å². The van der Waals surface area contributed by atoms with Crippen LogP contribution in [0.15, 0.2) is 60.9 Å². The first-order valence-electron chi connectivity index (χ1n) is 9.11. The number of piperazine rings is 1. The molecule has 1 aliphatic rings. The number of amides is 1. The number of halogens is 3. The lowest BCUT2D eigenvalue weighted by atomic mass is 10.1. The van der Waals surface area contributed by atoms with Crippen LogP contribution < -0.4 is 4.90 Å². The van der Waals surface area contributed by atoms with Crippen molar-refractivity contribution in [1.82, 2.24) is 19.7 Å². The number of hydrogen-bond donors (Lipinski definition) is 0. The van der Waals surface area contributed by atoms with Gasteiger partial charge in [-0.25, -0.2) is 0 Å². The quantitative estimate of drug-likeness (QED) is 0.676. The van der Waals surface area contributed by atoms with E-state index in [1.807, 2.05) is 46.1 Å². The minimum Gasteiger partial charge on any atom is -0.352 e. The predicted molar refractivity (Wildman–Crippen MR) is 101 cm³/mol. The number of rotatable bonds is 3. The Morgan fingerprint density at radius 3 is 2.07 bits per heavy atom. The standard InChI is InChI=1S/C20H18F3N5O/c21-20(22,23)16-6-2-1-5-15(16)19(29)28-13-11-27(12-14-28)18-8-7-17(24-25-18)26-9-3-4-10-26/h1-10H,11-14H2. The van der Waals surface area contributed by atoms with Crippen molar-refractivity contribution in [2.24, 2.45) is 0 Å². The molecule has 0 bridgehead atoms. The van der Waals surface area contributed by atoms with Crippen molar-refractivity contribution in [1.29, 1.82) is 0 Å². The molecule has 3 heterocycles. The fourth-order valence-corrected chi connectivity index (χ4v) is 3.34. The third-order valence-electron chi connectivity index (χ3n) is 4.86. The zero-order valence-electron chi connectivity index (χ0n) is 15.4. The first-order valence-corrected chi connectivity index (χ1v) is 9.11. The molecule has 1 fully saturated rings. The van der Waals surface area contributed by atoms with Crippen LogP contribution in [0.5, 0.6) is 0 Å². The van der Waals surface area contributed by atoms with Gasteiger partial charge in [0, 0.05) is 38.6 Å². The highest BCUT2D eigenvalue weighted by Gasteiger charge is 2.36. The third-order valence-corrected chi connectivity index (χ3v) is 4.86. The van der Waals surface area contributed by atoms with Gasteiger partial charge in [0.2, 0.25) is 0 Å². The van der Waals surface area contributed by atoms with Gasteiger partial charge in [0.15, 0.2) is 11.6 Å². The molecular weight excluding hydrogens is 383 g/mol. The summed E-state index contributed by atoms with van der Waals surface area (Å²) in [5.74, 6) is 0.756. The van der Waals surface area contributed by atoms with Gasteiger partial charge in [-0.2, -0.15) is 13.2 Å². The van der Waals surface area contributed by atoms with Gasteiger partial charge in [-0.05, 0) is 36.4 Å². The van der Waals surface area contributed by atoms with Gasteiger partial charge >= 0.3 is 6.18 Å². The lowest BCUT2D eigenvalue weighted by Crippen LogP contribution is -2.49. The highest BCUT2D eigenvalue weighted by molar-refractivity contribution is 5.96. The molecule has 0 unspecified atom stereocenters. The van der Waals surface area contributed by atoms with Gasteiger partial charge in [0.05, 0.1) is 11.1 Å². The average molecular weight is 401 g/mol. The van der Waals surface area contributed by atoms with E-state index in [1.54, 1.807) is 0 Å². The van der Waals surface area contributed by atoms with Crippen LogP contribution in [-0.4, -0.2) is 51.8 Å². The Morgan fingerprint density at radius 2 is 1.45 bits per heavy atom. The molecule has 3 aromatic rings. The summed E-state index contributed by atoms with van der Waals surface area (Å²) in [5, 5.41) is 8.44. The normalized spacial score (nSPS) is 14.9. The molecule has 2 aromatic heterocycles. The number of carbonyl (C=O) groups is 1. The van der Waals surface area contributed by atoms with E-state index in [-0.39, 0.29) is 5.56 Å². The van der Waals surface area contributed by atoms with Crippen molar-refractivity contribution in [2.75, 3.05) is 31.1 Å². The van der Waals surface area contributed by atoms with Gasteiger partial charge < -0.3 is 14.4 Å². The Labute approximate surface area is 165 Å². The Morgan fingerprint density at radius 1 is 0.828 bits per heavy atom. The van der Waals surface area contributed by atoms with Gasteiger partial charge in [0.1, 0.15) is 0 Å². The smallest absolute Gasteiger partial charge is 0.352 e. The molecule has 0 saturated carbocycles. The highest BCUT2D eigenvalue weighted by atomic mass is 19.4. The molecule has 0 spiro atoms. The molecule has 0 atom stereocenters. The number of alkyl halides is 3. The van der Waals surface area contributed by atoms with Crippen LogP contribution in [0.2, 0.25) is 0 Å². The van der Waals surface area contributed by atoms with Gasteiger partial charge in [-0.3, -0.25) is 4.79 Å². The third kappa shape index (κ3) is 3.94. The largest absolute Gasteiger partial charge is 0.417 e. The van der Waals surface area contributed by atoms with Crippen molar-refractivity contribution in [3.05, 3.63) is 72.1 Å². The topological polar surface area (TPSA) is 54.3 Å². The molecular formula is C20H18F3N5O. The molecule has 6 nitrogen and oxygen atoms in total. The summed E-state index contributed by atoms with van der Waals surface area (Å²) < 4.78 is 41.4. The van der Waals surface area contributed by atoms with Crippen molar-refractivity contribution in [3.8, 4) is 5.82 Å². The second-order valence-corrected chi connectivity index (χ2v) is 6.66. The number of hydrogen-bond acceptors (Lipinski definition) is 4. The Kier molecular flexibility index (Phi) is 4.96. The van der Waals surface area contributed by atoms with E-state index >= 15 is 0 Å². The van der Waals surface area contributed by atoms with E-state index < -0.39 is 17.6 Å². The molecule has 1 aromatic carbocycles. The SMILES string of the molecule is O=C(c1ccccc1C(F)(F)F)N1CCN(c2ccc(-n3cccc3)nn2)CC1. The van der Waals surface area contributed by atoms with Gasteiger partial charge in [-0.1, -0.05) is 12.1 Å².